The molecule has 0 fully saturated rings. The summed E-state index contributed by atoms with van der Waals surface area (Å²) in [5.41, 5.74) is 13.8. The first kappa shape index (κ1) is 31.2. The Bertz CT molecular complexity index is 3440. The molecule has 0 amide bonds. The lowest BCUT2D eigenvalue weighted by Gasteiger charge is -2.33. The molecule has 0 radical (unpaired) electrons. The number of rotatable bonds is 3. The van der Waals surface area contributed by atoms with E-state index in [9.17, 15) is 0 Å². The van der Waals surface area contributed by atoms with E-state index in [0.29, 0.717) is 0 Å². The van der Waals surface area contributed by atoms with Crippen LogP contribution in [0.5, 0.6) is 0 Å². The predicted octanol–water partition coefficient (Wildman–Crippen LogP) is 15.3. The highest BCUT2D eigenvalue weighted by atomic mass is 32.1. The largest absolute Gasteiger partial charge is 0.309 e. The molecule has 0 saturated carbocycles. The van der Waals surface area contributed by atoms with Crippen LogP contribution >= 0.6 is 11.3 Å². The van der Waals surface area contributed by atoms with Gasteiger partial charge in [0.1, 0.15) is 0 Å². The van der Waals surface area contributed by atoms with Gasteiger partial charge in [-0.3, -0.25) is 0 Å². The molecular formula is C55H33NS. The van der Waals surface area contributed by atoms with Crippen molar-refractivity contribution in [2.24, 2.45) is 0 Å². The summed E-state index contributed by atoms with van der Waals surface area (Å²) in [6.45, 7) is 0. The van der Waals surface area contributed by atoms with E-state index in [4.69, 9.17) is 0 Å². The van der Waals surface area contributed by atoms with Crippen molar-refractivity contribution in [3.05, 3.63) is 222 Å². The minimum atomic E-state index is -0.496. The van der Waals surface area contributed by atoms with E-state index in [2.05, 4.69) is 205 Å². The smallest absolute Gasteiger partial charge is 0.0737 e. The van der Waals surface area contributed by atoms with Gasteiger partial charge in [-0.25, -0.2) is 0 Å². The molecule has 0 aliphatic heterocycles. The van der Waals surface area contributed by atoms with Crippen molar-refractivity contribution in [3.63, 3.8) is 0 Å². The highest BCUT2D eigenvalue weighted by Crippen LogP contribution is 2.66. The number of benzene rings is 10. The lowest BCUT2D eigenvalue weighted by Crippen LogP contribution is -2.26. The van der Waals surface area contributed by atoms with Gasteiger partial charge in [0.15, 0.2) is 0 Å². The van der Waals surface area contributed by atoms with Gasteiger partial charge in [-0.2, -0.15) is 0 Å². The van der Waals surface area contributed by atoms with Gasteiger partial charge < -0.3 is 4.90 Å². The van der Waals surface area contributed by atoms with Crippen LogP contribution in [-0.2, 0) is 5.41 Å². The fourth-order valence-electron chi connectivity index (χ4n) is 10.7. The molecule has 1 heterocycles. The standard InChI is InChI=1S/C55H33NS/c1-2-15-35(16-3-1)56(49-27-14-24-45-42-21-10-13-28-50(42)57-54(45)49)36-30-32-37-34(33-36)29-31-46-51-43-22-6-4-17-38(43)39-18-5-7-23-44(39)53(51)55(52(37)46)47-25-11-8-19-40(47)41-20-9-12-26-48(41)55/h1-33H. The molecule has 0 unspecified atom stereocenters. The molecule has 2 heteroatoms. The topological polar surface area (TPSA) is 3.24 Å². The molecule has 0 bridgehead atoms. The first-order valence-electron chi connectivity index (χ1n) is 19.8. The van der Waals surface area contributed by atoms with Gasteiger partial charge in [-0.1, -0.05) is 164 Å². The number of hydrogen-bond acceptors (Lipinski definition) is 2. The van der Waals surface area contributed by atoms with E-state index >= 15 is 0 Å². The molecule has 0 atom stereocenters. The molecule has 264 valence electrons. The van der Waals surface area contributed by atoms with Crippen LogP contribution in [0, 0.1) is 0 Å². The molecule has 57 heavy (non-hydrogen) atoms. The SMILES string of the molecule is c1ccc(N(c2ccc3c4c(ccc3c2)-c2c(c3ccccc3c3ccccc23)C42c3ccccc3-c3ccccc32)c2cccc3c2sc2ccccc23)cc1. The van der Waals surface area contributed by atoms with Crippen molar-refractivity contribution in [2.75, 3.05) is 4.90 Å². The second-order valence-corrected chi connectivity index (χ2v) is 16.6. The summed E-state index contributed by atoms with van der Waals surface area (Å²) in [7, 11) is 0. The number of fused-ring (bicyclic) bond motifs is 20. The van der Waals surface area contributed by atoms with E-state index in [1.807, 2.05) is 11.3 Å². The molecule has 11 aromatic rings. The Morgan fingerprint density at radius 3 is 1.75 bits per heavy atom. The molecule has 2 aliphatic rings. The third-order valence-corrected chi connectivity index (χ3v) is 14.0. The average molecular weight is 740 g/mol. The molecule has 0 saturated heterocycles. The Hall–Kier alpha value is -7.00. The second kappa shape index (κ2) is 11.5. The molecule has 0 N–H and O–H groups in total. The summed E-state index contributed by atoms with van der Waals surface area (Å²) in [5.74, 6) is 0. The van der Waals surface area contributed by atoms with Crippen LogP contribution in [0.15, 0.2) is 200 Å². The maximum Gasteiger partial charge on any atom is 0.0737 e. The van der Waals surface area contributed by atoms with Gasteiger partial charge >= 0.3 is 0 Å². The van der Waals surface area contributed by atoms with Gasteiger partial charge in [0.2, 0.25) is 0 Å². The van der Waals surface area contributed by atoms with Crippen molar-refractivity contribution in [1.82, 2.24) is 0 Å². The van der Waals surface area contributed by atoms with Crippen molar-refractivity contribution >= 4 is 80.9 Å². The van der Waals surface area contributed by atoms with Crippen LogP contribution in [0.2, 0.25) is 0 Å². The van der Waals surface area contributed by atoms with Crippen LogP contribution in [0.1, 0.15) is 22.3 Å². The van der Waals surface area contributed by atoms with Crippen molar-refractivity contribution < 1.29 is 0 Å². The van der Waals surface area contributed by atoms with E-state index in [1.165, 1.54) is 103 Å². The monoisotopic (exact) mass is 739 g/mol. The third kappa shape index (κ3) is 4.02. The minimum Gasteiger partial charge on any atom is -0.309 e. The zero-order chi connectivity index (χ0) is 37.2. The van der Waals surface area contributed by atoms with Gasteiger partial charge in [0.25, 0.3) is 0 Å². The first-order chi connectivity index (χ1) is 28.3. The Morgan fingerprint density at radius 2 is 0.982 bits per heavy atom. The molecule has 10 aromatic carbocycles. The third-order valence-electron chi connectivity index (χ3n) is 12.8. The highest BCUT2D eigenvalue weighted by molar-refractivity contribution is 7.26. The number of para-hydroxylation sites is 1. The molecule has 1 aromatic heterocycles. The summed E-state index contributed by atoms with van der Waals surface area (Å²) in [5, 5.41) is 10.4. The van der Waals surface area contributed by atoms with Gasteiger partial charge in [0.05, 0.1) is 15.8 Å². The van der Waals surface area contributed by atoms with E-state index in [0.717, 1.165) is 11.4 Å². The maximum absolute atomic E-state index is 2.45. The number of thiophene rings is 1. The van der Waals surface area contributed by atoms with Crippen molar-refractivity contribution in [2.45, 2.75) is 5.41 Å². The summed E-state index contributed by atoms with van der Waals surface area (Å²) in [6.07, 6.45) is 0. The predicted molar refractivity (Wildman–Crippen MR) is 243 cm³/mol. The molecule has 1 nitrogen and oxygen atoms in total. The van der Waals surface area contributed by atoms with Crippen LogP contribution in [0.25, 0.3) is 74.7 Å². The molecule has 13 rings (SSSR count). The Labute approximate surface area is 334 Å². The lowest BCUT2D eigenvalue weighted by atomic mass is 9.68. The van der Waals surface area contributed by atoms with E-state index in [1.54, 1.807) is 0 Å². The van der Waals surface area contributed by atoms with Gasteiger partial charge in [0, 0.05) is 26.8 Å². The highest BCUT2D eigenvalue weighted by Gasteiger charge is 2.53. The fourth-order valence-corrected chi connectivity index (χ4v) is 11.9. The van der Waals surface area contributed by atoms with Crippen LogP contribution in [-0.4, -0.2) is 0 Å². The fraction of sp³-hybridized carbons (Fsp3) is 0.0182. The summed E-state index contributed by atoms with van der Waals surface area (Å²) >= 11 is 1.88. The zero-order valence-corrected chi connectivity index (χ0v) is 31.7. The molecule has 1 spiro atoms. The summed E-state index contributed by atoms with van der Waals surface area (Å²) in [4.78, 5) is 2.45. The number of nitrogens with zero attached hydrogens (tertiary/aromatic N) is 1. The first-order valence-corrected chi connectivity index (χ1v) is 20.6. The Kier molecular flexibility index (Phi) is 6.31. The van der Waals surface area contributed by atoms with Crippen LogP contribution in [0.3, 0.4) is 0 Å². The zero-order valence-electron chi connectivity index (χ0n) is 30.9. The van der Waals surface area contributed by atoms with Crippen LogP contribution < -0.4 is 4.90 Å². The van der Waals surface area contributed by atoms with E-state index in [-0.39, 0.29) is 0 Å². The number of anilines is 3. The van der Waals surface area contributed by atoms with Gasteiger partial charge in [-0.05, 0) is 113 Å². The maximum atomic E-state index is 2.45. The minimum absolute atomic E-state index is 0.496. The molecule has 2 aliphatic carbocycles. The normalized spacial score (nSPS) is 13.4. The van der Waals surface area contributed by atoms with Crippen LogP contribution in [0.4, 0.5) is 17.1 Å². The number of hydrogen-bond donors (Lipinski definition) is 0. The summed E-state index contributed by atoms with van der Waals surface area (Å²) < 4.78 is 2.60. The Morgan fingerprint density at radius 1 is 0.368 bits per heavy atom. The molecular weight excluding hydrogens is 707 g/mol. The lowest BCUT2D eigenvalue weighted by molar-refractivity contribution is 0.809. The second-order valence-electron chi connectivity index (χ2n) is 15.5. The quantitative estimate of drug-likeness (QED) is 0.163. The van der Waals surface area contributed by atoms with Crippen molar-refractivity contribution in [3.8, 4) is 22.3 Å². The van der Waals surface area contributed by atoms with E-state index < -0.39 is 5.41 Å². The Balaban J connectivity index is 1.14. The van der Waals surface area contributed by atoms with Gasteiger partial charge in [-0.15, -0.1) is 11.3 Å². The summed E-state index contributed by atoms with van der Waals surface area (Å²) in [6, 6.07) is 74.9. The van der Waals surface area contributed by atoms with Crippen molar-refractivity contribution in [1.29, 1.82) is 0 Å². The average Bonchev–Trinajstić information content (AvgIpc) is 3.92.